The molecule has 0 aliphatic heterocycles. The van der Waals surface area contributed by atoms with E-state index in [9.17, 15) is 0 Å². The maximum Gasteiger partial charge on any atom is 0.153 e. The monoisotopic (exact) mass is 137 g/mol. The van der Waals surface area contributed by atoms with Crippen LogP contribution < -0.4 is 5.32 Å². The van der Waals surface area contributed by atoms with Gasteiger partial charge in [-0.3, -0.25) is 0 Å². The Morgan fingerprint density at radius 1 is 1.70 bits per heavy atom. The molecule has 1 heterocycles. The van der Waals surface area contributed by atoms with Crippen LogP contribution in [0.15, 0.2) is 11.2 Å². The second kappa shape index (κ2) is 2.56. The fourth-order valence-electron chi connectivity index (χ4n) is 0.948. The molecule has 0 amide bonds. The smallest absolute Gasteiger partial charge is 0.153 e. The Balaban J connectivity index is 3.12. The van der Waals surface area contributed by atoms with Gasteiger partial charge in [-0.15, -0.1) is 0 Å². The predicted octanol–water partition coefficient (Wildman–Crippen LogP) is 1.70. The van der Waals surface area contributed by atoms with Gasteiger partial charge in [-0.25, -0.2) is 4.99 Å². The van der Waals surface area contributed by atoms with Gasteiger partial charge in [0.1, 0.15) is 0 Å². The summed E-state index contributed by atoms with van der Waals surface area (Å²) in [6.45, 7) is 5.44. The molecule has 3 nitrogen and oxygen atoms in total. The zero-order valence-electron chi connectivity index (χ0n) is 6.23. The molecule has 0 spiro atoms. The lowest BCUT2D eigenvalue weighted by atomic mass is 10.3. The number of rotatable bonds is 2. The second-order valence-electron chi connectivity index (χ2n) is 2.10. The molecule has 0 saturated carbocycles. The van der Waals surface area contributed by atoms with Crippen molar-refractivity contribution in [3.63, 3.8) is 0 Å². The standard InChI is InChI=1S/C7H11N3/c1-5-4-10-7(9-3)6(5)8-2/h4,8,10H,3H2,1-2H3. The van der Waals surface area contributed by atoms with Crippen molar-refractivity contribution in [3.8, 4) is 0 Å². The quantitative estimate of drug-likeness (QED) is 0.598. The number of aliphatic imine (C=N–C) groups is 1. The van der Waals surface area contributed by atoms with Gasteiger partial charge < -0.3 is 10.3 Å². The Labute approximate surface area is 60.2 Å². The van der Waals surface area contributed by atoms with Gasteiger partial charge in [0.2, 0.25) is 0 Å². The van der Waals surface area contributed by atoms with Crippen LogP contribution in [-0.2, 0) is 0 Å². The fourth-order valence-corrected chi connectivity index (χ4v) is 0.948. The van der Waals surface area contributed by atoms with Gasteiger partial charge >= 0.3 is 0 Å². The maximum atomic E-state index is 3.79. The molecule has 1 aromatic heterocycles. The van der Waals surface area contributed by atoms with Gasteiger partial charge in [0.25, 0.3) is 0 Å². The Morgan fingerprint density at radius 2 is 2.40 bits per heavy atom. The lowest BCUT2D eigenvalue weighted by molar-refractivity contribution is 1.34. The molecule has 0 saturated heterocycles. The van der Waals surface area contributed by atoms with E-state index < -0.39 is 0 Å². The minimum Gasteiger partial charge on any atom is -0.385 e. The van der Waals surface area contributed by atoms with E-state index >= 15 is 0 Å². The maximum absolute atomic E-state index is 3.79. The molecule has 0 unspecified atom stereocenters. The first kappa shape index (κ1) is 6.86. The third-order valence-corrected chi connectivity index (χ3v) is 1.46. The molecule has 1 rings (SSSR count). The highest BCUT2D eigenvalue weighted by Crippen LogP contribution is 2.25. The van der Waals surface area contributed by atoms with E-state index in [0.717, 1.165) is 17.1 Å². The van der Waals surface area contributed by atoms with Gasteiger partial charge in [0, 0.05) is 13.2 Å². The van der Waals surface area contributed by atoms with E-state index in [0.29, 0.717) is 0 Å². The highest BCUT2D eigenvalue weighted by Gasteiger charge is 2.02. The van der Waals surface area contributed by atoms with Crippen molar-refractivity contribution in [2.75, 3.05) is 12.4 Å². The summed E-state index contributed by atoms with van der Waals surface area (Å²) in [7, 11) is 1.87. The van der Waals surface area contributed by atoms with E-state index in [1.807, 2.05) is 20.2 Å². The third-order valence-electron chi connectivity index (χ3n) is 1.46. The molecule has 10 heavy (non-hydrogen) atoms. The van der Waals surface area contributed by atoms with Crippen LogP contribution in [0.25, 0.3) is 0 Å². The zero-order valence-corrected chi connectivity index (χ0v) is 6.23. The first-order valence-corrected chi connectivity index (χ1v) is 3.12. The van der Waals surface area contributed by atoms with Crippen LogP contribution in [0.2, 0.25) is 0 Å². The lowest BCUT2D eigenvalue weighted by Gasteiger charge is -1.97. The molecular weight excluding hydrogens is 126 g/mol. The summed E-state index contributed by atoms with van der Waals surface area (Å²) in [6.07, 6.45) is 1.90. The van der Waals surface area contributed by atoms with Gasteiger partial charge in [-0.1, -0.05) is 0 Å². The summed E-state index contributed by atoms with van der Waals surface area (Å²) in [5.41, 5.74) is 2.18. The number of hydrogen-bond acceptors (Lipinski definition) is 2. The zero-order chi connectivity index (χ0) is 7.56. The SMILES string of the molecule is C=Nc1[nH]cc(C)c1NC. The molecule has 2 N–H and O–H groups in total. The predicted molar refractivity (Wildman–Crippen MR) is 44.3 cm³/mol. The molecule has 0 fully saturated rings. The van der Waals surface area contributed by atoms with Crippen LogP contribution in [0.5, 0.6) is 0 Å². The first-order valence-electron chi connectivity index (χ1n) is 3.12. The number of aryl methyl sites for hydroxylation is 1. The largest absolute Gasteiger partial charge is 0.385 e. The van der Waals surface area contributed by atoms with E-state index in [-0.39, 0.29) is 0 Å². The van der Waals surface area contributed by atoms with Gasteiger partial charge in [-0.05, 0) is 19.2 Å². The number of aromatic amines is 1. The second-order valence-corrected chi connectivity index (χ2v) is 2.10. The lowest BCUT2D eigenvalue weighted by Crippen LogP contribution is -1.86. The Bertz CT molecular complexity index is 237. The number of hydrogen-bond donors (Lipinski definition) is 2. The van der Waals surface area contributed by atoms with Crippen LogP contribution in [0.4, 0.5) is 11.5 Å². The topological polar surface area (TPSA) is 40.2 Å². The summed E-state index contributed by atoms with van der Waals surface area (Å²) in [5.74, 6) is 0.806. The minimum atomic E-state index is 0.806. The van der Waals surface area contributed by atoms with Crippen molar-refractivity contribution in [2.45, 2.75) is 6.92 Å². The van der Waals surface area contributed by atoms with E-state index in [4.69, 9.17) is 0 Å². The molecule has 0 aliphatic carbocycles. The number of H-pyrrole nitrogens is 1. The van der Waals surface area contributed by atoms with Crippen LogP contribution in [0, 0.1) is 6.92 Å². The van der Waals surface area contributed by atoms with E-state index in [1.165, 1.54) is 0 Å². The highest BCUT2D eigenvalue weighted by molar-refractivity contribution is 5.67. The van der Waals surface area contributed by atoms with Gasteiger partial charge in [0.05, 0.1) is 5.69 Å². The summed E-state index contributed by atoms with van der Waals surface area (Å²) < 4.78 is 0. The van der Waals surface area contributed by atoms with Gasteiger partial charge in [0.15, 0.2) is 5.82 Å². The normalized spacial score (nSPS) is 9.40. The van der Waals surface area contributed by atoms with Crippen molar-refractivity contribution >= 4 is 18.2 Å². The Morgan fingerprint density at radius 3 is 2.80 bits per heavy atom. The average molecular weight is 137 g/mol. The van der Waals surface area contributed by atoms with E-state index in [1.54, 1.807) is 0 Å². The Kier molecular flexibility index (Phi) is 1.76. The van der Waals surface area contributed by atoms with Crippen molar-refractivity contribution < 1.29 is 0 Å². The van der Waals surface area contributed by atoms with Crippen molar-refractivity contribution in [3.05, 3.63) is 11.8 Å². The van der Waals surface area contributed by atoms with Crippen LogP contribution in [0.1, 0.15) is 5.56 Å². The number of anilines is 1. The fraction of sp³-hybridized carbons (Fsp3) is 0.286. The summed E-state index contributed by atoms with van der Waals surface area (Å²) in [5, 5.41) is 3.03. The molecule has 0 aliphatic rings. The first-order chi connectivity index (χ1) is 4.79. The van der Waals surface area contributed by atoms with Gasteiger partial charge in [-0.2, -0.15) is 0 Å². The van der Waals surface area contributed by atoms with E-state index in [2.05, 4.69) is 22.0 Å². The highest BCUT2D eigenvalue weighted by atomic mass is 15.0. The molecule has 0 radical (unpaired) electrons. The Hall–Kier alpha value is -1.25. The number of nitrogens with zero attached hydrogens (tertiary/aromatic N) is 1. The molecular formula is C7H11N3. The van der Waals surface area contributed by atoms with Crippen molar-refractivity contribution in [1.29, 1.82) is 0 Å². The molecule has 0 atom stereocenters. The third kappa shape index (κ3) is 0.900. The van der Waals surface area contributed by atoms with Crippen molar-refractivity contribution in [2.24, 2.45) is 4.99 Å². The summed E-state index contributed by atoms with van der Waals surface area (Å²) in [6, 6.07) is 0. The van der Waals surface area contributed by atoms with Crippen molar-refractivity contribution in [1.82, 2.24) is 4.98 Å². The summed E-state index contributed by atoms with van der Waals surface area (Å²) in [4.78, 5) is 6.78. The van der Waals surface area contributed by atoms with Crippen LogP contribution in [0.3, 0.4) is 0 Å². The minimum absolute atomic E-state index is 0.806. The number of aromatic nitrogens is 1. The number of nitrogens with one attached hydrogen (secondary N) is 2. The summed E-state index contributed by atoms with van der Waals surface area (Å²) >= 11 is 0. The molecule has 3 heteroatoms. The molecule has 0 bridgehead atoms. The average Bonchev–Trinajstić information content (AvgIpc) is 2.30. The molecule has 54 valence electrons. The van der Waals surface area contributed by atoms with Crippen LogP contribution >= 0.6 is 0 Å². The van der Waals surface area contributed by atoms with Crippen LogP contribution in [-0.4, -0.2) is 18.7 Å². The molecule has 1 aromatic rings. The molecule has 0 aromatic carbocycles.